The van der Waals surface area contributed by atoms with Crippen LogP contribution in [-0.2, 0) is 11.3 Å². The molecule has 2 aromatic heterocycles. The lowest BCUT2D eigenvalue weighted by molar-refractivity contribution is -0.116. The van der Waals surface area contributed by atoms with Crippen LogP contribution in [0, 0.1) is 6.92 Å². The third-order valence-corrected chi connectivity index (χ3v) is 5.91. The van der Waals surface area contributed by atoms with Crippen molar-refractivity contribution in [2.24, 2.45) is 0 Å². The number of fused-ring (bicyclic) bond motifs is 4. The van der Waals surface area contributed by atoms with Gasteiger partial charge in [0.25, 0.3) is 0 Å². The fourth-order valence-electron chi connectivity index (χ4n) is 4.24. The Morgan fingerprint density at radius 3 is 2.57 bits per heavy atom. The van der Waals surface area contributed by atoms with E-state index in [1.165, 1.54) is 4.57 Å². The van der Waals surface area contributed by atoms with Gasteiger partial charge in [-0.3, -0.25) is 14.2 Å². The summed E-state index contributed by atoms with van der Waals surface area (Å²) in [5.41, 5.74) is 1.37. The predicted molar refractivity (Wildman–Crippen MR) is 130 cm³/mol. The molecule has 1 aliphatic heterocycles. The van der Waals surface area contributed by atoms with Crippen molar-refractivity contribution >= 4 is 33.7 Å². The normalized spacial score (nSPS) is 12.4. The third kappa shape index (κ3) is 3.45. The molecule has 0 fully saturated rings. The zero-order valence-electron chi connectivity index (χ0n) is 18.6. The standard InChI is InChI=1S/C26H19N3O6/c1-15-6-9-17(10-7-15)29-25(31)24-23(18-4-2-3-5-19(18)35-24)28(26(29)32)13-22(30)27-16-8-11-20-21(12-16)34-14-33-20/h2-12H,13-14H2,1H3,(H,27,30). The SMILES string of the molecule is Cc1ccc(-n2c(=O)c3oc4ccccc4c3n(CC(=O)Nc3ccc4c(c3)OCO4)c2=O)cc1. The number of hydrogen-bond acceptors (Lipinski definition) is 6. The maximum Gasteiger partial charge on any atom is 0.336 e. The fraction of sp³-hybridized carbons (Fsp3) is 0.115. The lowest BCUT2D eigenvalue weighted by Gasteiger charge is -2.12. The van der Waals surface area contributed by atoms with E-state index in [0.717, 1.165) is 10.1 Å². The van der Waals surface area contributed by atoms with Gasteiger partial charge in [-0.25, -0.2) is 9.36 Å². The number of nitrogens with zero attached hydrogens (tertiary/aromatic N) is 2. The lowest BCUT2D eigenvalue weighted by Crippen LogP contribution is -2.40. The highest BCUT2D eigenvalue weighted by Crippen LogP contribution is 2.34. The van der Waals surface area contributed by atoms with Crippen LogP contribution in [0.25, 0.3) is 27.8 Å². The molecule has 0 saturated carbocycles. The summed E-state index contributed by atoms with van der Waals surface area (Å²) in [6.07, 6.45) is 0. The molecule has 0 aliphatic carbocycles. The van der Waals surface area contributed by atoms with Crippen molar-refractivity contribution in [3.8, 4) is 17.2 Å². The Morgan fingerprint density at radius 1 is 0.971 bits per heavy atom. The van der Waals surface area contributed by atoms with Crippen molar-refractivity contribution in [1.82, 2.24) is 9.13 Å². The van der Waals surface area contributed by atoms with Gasteiger partial charge in [-0.05, 0) is 43.3 Å². The summed E-state index contributed by atoms with van der Waals surface area (Å²) in [5.74, 6) is 0.665. The Balaban J connectivity index is 1.49. The molecule has 0 spiro atoms. The number of amides is 1. The van der Waals surface area contributed by atoms with Crippen LogP contribution in [0.15, 0.2) is 80.7 Å². The first-order valence-electron chi connectivity index (χ1n) is 10.9. The molecule has 6 rings (SSSR count). The summed E-state index contributed by atoms with van der Waals surface area (Å²) in [5, 5.41) is 3.35. The molecule has 3 heterocycles. The monoisotopic (exact) mass is 469 g/mol. The molecule has 0 atom stereocenters. The van der Waals surface area contributed by atoms with Gasteiger partial charge in [-0.2, -0.15) is 0 Å². The van der Waals surface area contributed by atoms with Crippen molar-refractivity contribution in [3.63, 3.8) is 0 Å². The quantitative estimate of drug-likeness (QED) is 0.432. The largest absolute Gasteiger partial charge is 0.454 e. The lowest BCUT2D eigenvalue weighted by atomic mass is 10.2. The van der Waals surface area contributed by atoms with Gasteiger partial charge in [0.2, 0.25) is 18.3 Å². The molecule has 1 N–H and O–H groups in total. The van der Waals surface area contributed by atoms with E-state index in [-0.39, 0.29) is 24.4 Å². The van der Waals surface area contributed by atoms with Crippen molar-refractivity contribution in [2.75, 3.05) is 12.1 Å². The van der Waals surface area contributed by atoms with Gasteiger partial charge in [0.1, 0.15) is 17.6 Å². The zero-order chi connectivity index (χ0) is 24.1. The molecule has 0 radical (unpaired) electrons. The summed E-state index contributed by atoms with van der Waals surface area (Å²) in [6.45, 7) is 1.70. The number of ether oxygens (including phenoxy) is 2. The molecule has 35 heavy (non-hydrogen) atoms. The molecule has 9 heteroatoms. The number of aryl methyl sites for hydroxylation is 1. The zero-order valence-corrected chi connectivity index (χ0v) is 18.6. The van der Waals surface area contributed by atoms with Gasteiger partial charge in [0.05, 0.1) is 5.69 Å². The number of rotatable bonds is 4. The number of para-hydroxylation sites is 1. The summed E-state index contributed by atoms with van der Waals surface area (Å²) in [7, 11) is 0. The molecule has 1 aliphatic rings. The Kier molecular flexibility index (Phi) is 4.70. The van der Waals surface area contributed by atoms with Crippen LogP contribution in [0.1, 0.15) is 5.56 Å². The molecule has 5 aromatic rings. The van der Waals surface area contributed by atoms with Crippen LogP contribution in [0.5, 0.6) is 11.5 Å². The van der Waals surface area contributed by atoms with Gasteiger partial charge in [0.15, 0.2) is 11.5 Å². The average molecular weight is 469 g/mol. The second kappa shape index (κ2) is 7.91. The van der Waals surface area contributed by atoms with Crippen LogP contribution in [0.4, 0.5) is 5.69 Å². The van der Waals surface area contributed by atoms with Gasteiger partial charge in [0, 0.05) is 17.1 Å². The van der Waals surface area contributed by atoms with Crippen LogP contribution in [-0.4, -0.2) is 21.8 Å². The fourth-order valence-corrected chi connectivity index (χ4v) is 4.24. The Morgan fingerprint density at radius 2 is 1.74 bits per heavy atom. The first kappa shape index (κ1) is 20.8. The number of aromatic nitrogens is 2. The van der Waals surface area contributed by atoms with Crippen molar-refractivity contribution in [1.29, 1.82) is 0 Å². The molecule has 0 saturated heterocycles. The molecule has 0 unspecified atom stereocenters. The number of furan rings is 1. The van der Waals surface area contributed by atoms with Crippen LogP contribution >= 0.6 is 0 Å². The number of carbonyl (C=O) groups excluding carboxylic acids is 1. The van der Waals surface area contributed by atoms with E-state index in [4.69, 9.17) is 13.9 Å². The predicted octanol–water partition coefficient (Wildman–Crippen LogP) is 3.57. The number of carbonyl (C=O) groups is 1. The van der Waals surface area contributed by atoms with E-state index in [0.29, 0.717) is 33.8 Å². The molecule has 174 valence electrons. The van der Waals surface area contributed by atoms with Crippen LogP contribution in [0.3, 0.4) is 0 Å². The number of anilines is 1. The van der Waals surface area contributed by atoms with E-state index < -0.39 is 17.2 Å². The Bertz CT molecular complexity index is 1740. The third-order valence-electron chi connectivity index (χ3n) is 5.91. The molecular formula is C26H19N3O6. The second-order valence-corrected chi connectivity index (χ2v) is 8.24. The minimum atomic E-state index is -0.640. The molecule has 1 amide bonds. The maximum atomic E-state index is 13.6. The highest BCUT2D eigenvalue weighted by molar-refractivity contribution is 6.03. The topological polar surface area (TPSA) is 105 Å². The van der Waals surface area contributed by atoms with E-state index >= 15 is 0 Å². The Labute approximate surface area is 197 Å². The van der Waals surface area contributed by atoms with Gasteiger partial charge >= 0.3 is 11.2 Å². The summed E-state index contributed by atoms with van der Waals surface area (Å²) >= 11 is 0. The summed E-state index contributed by atoms with van der Waals surface area (Å²) in [4.78, 5) is 40.1. The molecule has 9 nitrogen and oxygen atoms in total. The second-order valence-electron chi connectivity index (χ2n) is 8.24. The van der Waals surface area contributed by atoms with Crippen molar-refractivity contribution < 1.29 is 18.7 Å². The minimum Gasteiger partial charge on any atom is -0.454 e. The van der Waals surface area contributed by atoms with Crippen LogP contribution in [0.2, 0.25) is 0 Å². The minimum absolute atomic E-state index is 0.00209. The maximum absolute atomic E-state index is 13.6. The van der Waals surface area contributed by atoms with E-state index in [2.05, 4.69) is 5.32 Å². The van der Waals surface area contributed by atoms with E-state index in [9.17, 15) is 14.4 Å². The highest BCUT2D eigenvalue weighted by Gasteiger charge is 2.22. The van der Waals surface area contributed by atoms with Crippen LogP contribution < -0.4 is 26.0 Å². The first-order valence-corrected chi connectivity index (χ1v) is 10.9. The van der Waals surface area contributed by atoms with Gasteiger partial charge < -0.3 is 19.2 Å². The smallest absolute Gasteiger partial charge is 0.336 e. The van der Waals surface area contributed by atoms with E-state index in [1.807, 2.05) is 6.92 Å². The summed E-state index contributed by atoms with van der Waals surface area (Å²) < 4.78 is 18.8. The van der Waals surface area contributed by atoms with Gasteiger partial charge in [-0.1, -0.05) is 29.8 Å². The van der Waals surface area contributed by atoms with Crippen molar-refractivity contribution in [2.45, 2.75) is 13.5 Å². The average Bonchev–Trinajstić information content (AvgIpc) is 3.47. The Hall–Kier alpha value is -4.79. The summed E-state index contributed by atoms with van der Waals surface area (Å²) in [6, 6.07) is 19.0. The molecule has 0 bridgehead atoms. The molecular weight excluding hydrogens is 450 g/mol. The number of benzene rings is 3. The molecule has 3 aromatic carbocycles. The first-order chi connectivity index (χ1) is 17.0. The van der Waals surface area contributed by atoms with E-state index in [1.54, 1.807) is 66.7 Å². The number of hydrogen-bond donors (Lipinski definition) is 1. The number of nitrogens with one attached hydrogen (secondary N) is 1. The van der Waals surface area contributed by atoms with Gasteiger partial charge in [-0.15, -0.1) is 0 Å². The van der Waals surface area contributed by atoms with Crippen molar-refractivity contribution in [3.05, 3.63) is 93.1 Å². The highest BCUT2D eigenvalue weighted by atomic mass is 16.7.